The molecule has 0 spiro atoms. The van der Waals surface area contributed by atoms with Crippen molar-refractivity contribution < 1.29 is 4.39 Å². The van der Waals surface area contributed by atoms with Gasteiger partial charge in [-0.05, 0) is 37.6 Å². The molecule has 3 rings (SSSR count). The summed E-state index contributed by atoms with van der Waals surface area (Å²) in [5, 5.41) is 9.39. The largest absolute Gasteiger partial charge is 0.368 e. The zero-order valence-electron chi connectivity index (χ0n) is 14.0. The molecular weight excluding hydrogens is 305 g/mol. The van der Waals surface area contributed by atoms with Crippen LogP contribution in [0.3, 0.4) is 0 Å². The van der Waals surface area contributed by atoms with Gasteiger partial charge in [-0.15, -0.1) is 0 Å². The lowest BCUT2D eigenvalue weighted by molar-refractivity contribution is 0.623. The second-order valence-electron chi connectivity index (χ2n) is 5.84. The van der Waals surface area contributed by atoms with Gasteiger partial charge in [0.1, 0.15) is 11.9 Å². The van der Waals surface area contributed by atoms with E-state index in [1.54, 1.807) is 12.1 Å². The van der Waals surface area contributed by atoms with Gasteiger partial charge >= 0.3 is 0 Å². The number of halogens is 1. The normalized spacial score (nSPS) is 14.6. The highest BCUT2D eigenvalue weighted by Gasteiger charge is 2.22. The van der Waals surface area contributed by atoms with Crippen LogP contribution in [0.1, 0.15) is 24.0 Å². The predicted molar refractivity (Wildman–Crippen MR) is 91.7 cm³/mol. The molecule has 0 bridgehead atoms. The number of nitriles is 1. The summed E-state index contributed by atoms with van der Waals surface area (Å²) < 4.78 is 13.0. The van der Waals surface area contributed by atoms with Crippen LogP contribution in [0.2, 0.25) is 0 Å². The Bertz CT molecular complexity index is 758. The Labute approximate surface area is 141 Å². The Balaban J connectivity index is 1.76. The van der Waals surface area contributed by atoms with Gasteiger partial charge in [0, 0.05) is 31.9 Å². The van der Waals surface area contributed by atoms with E-state index in [4.69, 9.17) is 0 Å². The maximum absolute atomic E-state index is 13.0. The summed E-state index contributed by atoms with van der Waals surface area (Å²) in [7, 11) is 0. The fourth-order valence-corrected chi connectivity index (χ4v) is 3.00. The number of rotatable bonds is 3. The van der Waals surface area contributed by atoms with E-state index in [9.17, 15) is 9.65 Å². The van der Waals surface area contributed by atoms with Crippen molar-refractivity contribution in [2.24, 2.45) is 0 Å². The maximum Gasteiger partial charge on any atom is 0.183 e. The highest BCUT2D eigenvalue weighted by Crippen LogP contribution is 2.22. The summed E-state index contributed by atoms with van der Waals surface area (Å²) >= 11 is 0. The minimum absolute atomic E-state index is 0.224. The molecule has 0 unspecified atom stereocenters. The number of hydrogen-bond donors (Lipinski definition) is 0. The van der Waals surface area contributed by atoms with Crippen LogP contribution in [0.15, 0.2) is 24.3 Å². The van der Waals surface area contributed by atoms with Crippen molar-refractivity contribution in [1.29, 1.82) is 5.26 Å². The zero-order valence-corrected chi connectivity index (χ0v) is 14.0. The number of aromatic nitrogens is 2. The Kier molecular flexibility index (Phi) is 4.61. The Morgan fingerprint density at radius 1 is 1.08 bits per heavy atom. The molecule has 1 aliphatic rings. The van der Waals surface area contributed by atoms with Crippen LogP contribution >= 0.6 is 0 Å². The molecule has 1 aliphatic heterocycles. The molecule has 0 amide bonds. The second kappa shape index (κ2) is 6.83. The minimum atomic E-state index is -0.224. The van der Waals surface area contributed by atoms with Gasteiger partial charge in [-0.3, -0.25) is 0 Å². The SMILES string of the molecule is CCc1nc(C#N)c(N2CCN(c3ccc(F)cc3)CC2)nc1C. The van der Waals surface area contributed by atoms with E-state index in [-0.39, 0.29) is 5.82 Å². The van der Waals surface area contributed by atoms with Gasteiger partial charge < -0.3 is 9.80 Å². The molecule has 124 valence electrons. The van der Waals surface area contributed by atoms with Gasteiger partial charge in [-0.2, -0.15) is 5.26 Å². The van der Waals surface area contributed by atoms with E-state index in [1.165, 1.54) is 12.1 Å². The Hall–Kier alpha value is -2.68. The van der Waals surface area contributed by atoms with Crippen molar-refractivity contribution in [3.05, 3.63) is 47.2 Å². The molecule has 24 heavy (non-hydrogen) atoms. The molecule has 6 heteroatoms. The van der Waals surface area contributed by atoms with Crippen molar-refractivity contribution in [2.45, 2.75) is 20.3 Å². The van der Waals surface area contributed by atoms with Gasteiger partial charge in [0.25, 0.3) is 0 Å². The van der Waals surface area contributed by atoms with E-state index < -0.39 is 0 Å². The summed E-state index contributed by atoms with van der Waals surface area (Å²) in [6, 6.07) is 8.73. The van der Waals surface area contributed by atoms with Crippen molar-refractivity contribution >= 4 is 11.5 Å². The Morgan fingerprint density at radius 2 is 1.71 bits per heavy atom. The van der Waals surface area contributed by atoms with Crippen LogP contribution in [0.5, 0.6) is 0 Å². The molecule has 0 radical (unpaired) electrons. The molecular formula is C18H20FN5. The van der Waals surface area contributed by atoms with Crippen molar-refractivity contribution in [3.63, 3.8) is 0 Å². The number of anilines is 2. The summed E-state index contributed by atoms with van der Waals surface area (Å²) in [6.45, 7) is 7.06. The van der Waals surface area contributed by atoms with Crippen LogP contribution < -0.4 is 9.80 Å². The summed E-state index contributed by atoms with van der Waals surface area (Å²) in [5.74, 6) is 0.448. The Morgan fingerprint density at radius 3 is 2.29 bits per heavy atom. The first kappa shape index (κ1) is 16.2. The fourth-order valence-electron chi connectivity index (χ4n) is 3.00. The van der Waals surface area contributed by atoms with Crippen molar-refractivity contribution in [3.8, 4) is 6.07 Å². The van der Waals surface area contributed by atoms with E-state index in [2.05, 4.69) is 25.8 Å². The topological polar surface area (TPSA) is 56.1 Å². The molecule has 0 saturated carbocycles. The van der Waals surface area contributed by atoms with Gasteiger partial charge in [0.15, 0.2) is 11.5 Å². The number of piperazine rings is 1. The number of aryl methyl sites for hydroxylation is 2. The number of hydrogen-bond acceptors (Lipinski definition) is 5. The molecule has 1 aromatic carbocycles. The third-order valence-corrected chi connectivity index (χ3v) is 4.36. The number of benzene rings is 1. The van der Waals surface area contributed by atoms with Gasteiger partial charge in [-0.25, -0.2) is 14.4 Å². The van der Waals surface area contributed by atoms with Gasteiger partial charge in [0.2, 0.25) is 0 Å². The molecule has 1 saturated heterocycles. The first-order valence-electron chi connectivity index (χ1n) is 8.15. The van der Waals surface area contributed by atoms with Crippen LogP contribution in [-0.2, 0) is 6.42 Å². The zero-order chi connectivity index (χ0) is 17.1. The molecule has 0 aliphatic carbocycles. The molecule has 5 nitrogen and oxygen atoms in total. The van der Waals surface area contributed by atoms with Gasteiger partial charge in [-0.1, -0.05) is 6.92 Å². The first-order chi connectivity index (χ1) is 11.6. The van der Waals surface area contributed by atoms with Crippen molar-refractivity contribution in [2.75, 3.05) is 36.0 Å². The lowest BCUT2D eigenvalue weighted by Gasteiger charge is -2.37. The highest BCUT2D eigenvalue weighted by atomic mass is 19.1. The van der Waals surface area contributed by atoms with Crippen LogP contribution in [-0.4, -0.2) is 36.1 Å². The lowest BCUT2D eigenvalue weighted by Crippen LogP contribution is -2.47. The second-order valence-corrected chi connectivity index (χ2v) is 5.84. The van der Waals surface area contributed by atoms with E-state index >= 15 is 0 Å². The molecule has 1 aromatic heterocycles. The van der Waals surface area contributed by atoms with E-state index in [1.807, 2.05) is 13.8 Å². The van der Waals surface area contributed by atoms with E-state index in [0.717, 1.165) is 49.7 Å². The third-order valence-electron chi connectivity index (χ3n) is 4.36. The summed E-state index contributed by atoms with van der Waals surface area (Å²) in [5.41, 5.74) is 3.17. The van der Waals surface area contributed by atoms with Crippen molar-refractivity contribution in [1.82, 2.24) is 9.97 Å². The summed E-state index contributed by atoms with van der Waals surface area (Å²) in [6.07, 6.45) is 0.770. The maximum atomic E-state index is 13.0. The third kappa shape index (κ3) is 3.16. The average molecular weight is 325 g/mol. The molecule has 0 atom stereocenters. The fraction of sp³-hybridized carbons (Fsp3) is 0.389. The molecule has 2 heterocycles. The van der Waals surface area contributed by atoms with Crippen LogP contribution in [0.25, 0.3) is 0 Å². The van der Waals surface area contributed by atoms with Crippen LogP contribution in [0, 0.1) is 24.1 Å². The average Bonchev–Trinajstić information content (AvgIpc) is 2.62. The first-order valence-corrected chi connectivity index (χ1v) is 8.15. The minimum Gasteiger partial charge on any atom is -0.368 e. The smallest absolute Gasteiger partial charge is 0.183 e. The standard InChI is InChI=1S/C18H20FN5/c1-3-16-13(2)21-18(17(12-20)22-16)24-10-8-23(9-11-24)15-6-4-14(19)5-7-15/h4-7H,3,8-11H2,1-2H3. The van der Waals surface area contributed by atoms with Crippen LogP contribution in [0.4, 0.5) is 15.9 Å². The quantitative estimate of drug-likeness (QED) is 0.868. The number of nitrogens with zero attached hydrogens (tertiary/aromatic N) is 5. The highest BCUT2D eigenvalue weighted by molar-refractivity contribution is 5.54. The molecule has 0 N–H and O–H groups in total. The summed E-state index contributed by atoms with van der Waals surface area (Å²) in [4.78, 5) is 13.4. The lowest BCUT2D eigenvalue weighted by atomic mass is 10.2. The molecule has 2 aromatic rings. The molecule has 1 fully saturated rings. The van der Waals surface area contributed by atoms with Gasteiger partial charge in [0.05, 0.1) is 11.4 Å². The van der Waals surface area contributed by atoms with E-state index in [0.29, 0.717) is 11.5 Å². The predicted octanol–water partition coefficient (Wildman–Crippen LogP) is 2.68. The monoisotopic (exact) mass is 325 g/mol.